The Morgan fingerprint density at radius 2 is 1.77 bits per heavy atom. The quantitative estimate of drug-likeness (QED) is 0.830. The topological polar surface area (TPSA) is 78.5 Å². The number of nitrogens with one attached hydrogen (secondary N) is 2. The van der Waals surface area contributed by atoms with Gasteiger partial charge in [-0.25, -0.2) is 13.1 Å². The minimum atomic E-state index is -3.48. The molecule has 26 heavy (non-hydrogen) atoms. The van der Waals surface area contributed by atoms with E-state index in [9.17, 15) is 13.2 Å². The second-order valence-electron chi connectivity index (χ2n) is 7.90. The molecule has 0 bridgehead atoms. The molecular weight excluding hydrogens is 350 g/mol. The van der Waals surface area contributed by atoms with Gasteiger partial charge >= 0.3 is 0 Å². The second kappa shape index (κ2) is 6.94. The van der Waals surface area contributed by atoms with Crippen molar-refractivity contribution in [2.24, 2.45) is 11.3 Å². The van der Waals surface area contributed by atoms with Crippen molar-refractivity contribution in [2.45, 2.75) is 43.0 Å². The predicted molar refractivity (Wildman–Crippen MR) is 99.0 cm³/mol. The number of amides is 1. The van der Waals surface area contributed by atoms with Gasteiger partial charge in [-0.15, -0.1) is 0 Å². The van der Waals surface area contributed by atoms with E-state index in [1.54, 1.807) is 30.3 Å². The average Bonchev–Trinajstić information content (AvgIpc) is 3.35. The highest BCUT2D eigenvalue weighted by atomic mass is 32.2. The lowest BCUT2D eigenvalue weighted by molar-refractivity contribution is -0.134. The van der Waals surface area contributed by atoms with E-state index in [1.165, 1.54) is 0 Å². The molecule has 1 spiro atoms. The minimum Gasteiger partial charge on any atom is -0.342 e. The van der Waals surface area contributed by atoms with Crippen LogP contribution >= 0.6 is 0 Å². The molecule has 2 saturated heterocycles. The molecule has 3 aliphatic rings. The third kappa shape index (κ3) is 3.52. The van der Waals surface area contributed by atoms with Crippen LogP contribution in [0, 0.1) is 11.3 Å². The van der Waals surface area contributed by atoms with Gasteiger partial charge in [0.15, 0.2) is 0 Å². The van der Waals surface area contributed by atoms with Crippen LogP contribution in [0.1, 0.15) is 32.1 Å². The van der Waals surface area contributed by atoms with Crippen LogP contribution in [-0.4, -0.2) is 51.4 Å². The molecule has 1 aromatic rings. The van der Waals surface area contributed by atoms with Gasteiger partial charge in [0, 0.05) is 25.0 Å². The molecule has 1 saturated carbocycles. The van der Waals surface area contributed by atoms with Crippen molar-refractivity contribution in [2.75, 3.05) is 26.2 Å². The Morgan fingerprint density at radius 3 is 2.42 bits per heavy atom. The first kappa shape index (κ1) is 17.9. The van der Waals surface area contributed by atoms with Crippen LogP contribution in [0.2, 0.25) is 0 Å². The number of sulfonamides is 1. The van der Waals surface area contributed by atoms with Crippen molar-refractivity contribution in [1.29, 1.82) is 0 Å². The second-order valence-corrected chi connectivity index (χ2v) is 9.62. The Labute approximate surface area is 155 Å². The highest BCUT2D eigenvalue weighted by Gasteiger charge is 2.58. The lowest BCUT2D eigenvalue weighted by atomic mass is 9.91. The molecule has 4 rings (SSSR count). The highest BCUT2D eigenvalue weighted by Crippen LogP contribution is 2.59. The lowest BCUT2D eigenvalue weighted by Gasteiger charge is -2.33. The smallest absolute Gasteiger partial charge is 0.240 e. The molecule has 1 atom stereocenters. The summed E-state index contributed by atoms with van der Waals surface area (Å²) < 4.78 is 27.7. The molecule has 2 heterocycles. The first-order valence-corrected chi connectivity index (χ1v) is 11.1. The minimum absolute atomic E-state index is 0.101. The highest BCUT2D eigenvalue weighted by molar-refractivity contribution is 7.89. The molecule has 0 radical (unpaired) electrons. The van der Waals surface area contributed by atoms with Crippen LogP contribution < -0.4 is 10.0 Å². The molecular formula is C19H27N3O3S. The zero-order valence-corrected chi connectivity index (χ0v) is 15.8. The van der Waals surface area contributed by atoms with Gasteiger partial charge in [0.05, 0.1) is 4.90 Å². The summed E-state index contributed by atoms with van der Waals surface area (Å²) in [6.07, 6.45) is 4.61. The Hall–Kier alpha value is -1.44. The standard InChI is InChI=1S/C19H27N3O3S/c23-18(17-14-19(17)8-10-20-11-9-19)22-12-6-15(7-13-22)21-26(24,25)16-4-2-1-3-5-16/h1-5,15,17,20-21H,6-14H2. The Bertz CT molecular complexity index is 751. The fourth-order valence-electron chi connectivity index (χ4n) is 4.50. The van der Waals surface area contributed by atoms with E-state index in [0.717, 1.165) is 32.4 Å². The normalized spacial score (nSPS) is 26.0. The molecule has 142 valence electrons. The van der Waals surface area contributed by atoms with Crippen molar-refractivity contribution < 1.29 is 13.2 Å². The summed E-state index contributed by atoms with van der Waals surface area (Å²) in [5.74, 6) is 0.485. The van der Waals surface area contributed by atoms with Crippen molar-refractivity contribution in [3.63, 3.8) is 0 Å². The summed E-state index contributed by atoms with van der Waals surface area (Å²) in [6.45, 7) is 3.33. The van der Waals surface area contributed by atoms with Crippen molar-refractivity contribution in [3.8, 4) is 0 Å². The van der Waals surface area contributed by atoms with E-state index in [1.807, 2.05) is 4.90 Å². The van der Waals surface area contributed by atoms with Gasteiger partial charge in [-0.1, -0.05) is 18.2 Å². The molecule has 1 aliphatic carbocycles. The van der Waals surface area contributed by atoms with Gasteiger partial charge in [-0.2, -0.15) is 0 Å². The monoisotopic (exact) mass is 377 g/mol. The fraction of sp³-hybridized carbons (Fsp3) is 0.632. The molecule has 3 fully saturated rings. The zero-order chi connectivity index (χ0) is 18.2. The van der Waals surface area contributed by atoms with E-state index >= 15 is 0 Å². The van der Waals surface area contributed by atoms with E-state index in [2.05, 4.69) is 10.0 Å². The first-order chi connectivity index (χ1) is 12.5. The molecule has 2 aliphatic heterocycles. The maximum atomic E-state index is 12.8. The van der Waals surface area contributed by atoms with E-state index in [0.29, 0.717) is 30.8 Å². The van der Waals surface area contributed by atoms with Crippen molar-refractivity contribution in [1.82, 2.24) is 14.9 Å². The van der Waals surface area contributed by atoms with Crippen LogP contribution in [0.15, 0.2) is 35.2 Å². The summed E-state index contributed by atoms with van der Waals surface area (Å²) in [5, 5.41) is 3.37. The predicted octanol–water partition coefficient (Wildman–Crippen LogP) is 1.35. The van der Waals surface area contributed by atoms with Crippen LogP contribution in [0.3, 0.4) is 0 Å². The summed E-state index contributed by atoms with van der Waals surface area (Å²) in [7, 11) is -3.48. The summed E-state index contributed by atoms with van der Waals surface area (Å²) in [5.41, 5.74) is 0.258. The summed E-state index contributed by atoms with van der Waals surface area (Å²) in [4.78, 5) is 15.1. The van der Waals surface area contributed by atoms with Crippen LogP contribution in [0.5, 0.6) is 0 Å². The molecule has 1 unspecified atom stereocenters. The number of nitrogens with zero attached hydrogens (tertiary/aromatic N) is 1. The largest absolute Gasteiger partial charge is 0.342 e. The third-order valence-electron chi connectivity index (χ3n) is 6.27. The van der Waals surface area contributed by atoms with Gasteiger partial charge < -0.3 is 10.2 Å². The lowest BCUT2D eigenvalue weighted by Crippen LogP contribution is -2.47. The van der Waals surface area contributed by atoms with Crippen LogP contribution in [0.4, 0.5) is 0 Å². The van der Waals surface area contributed by atoms with Crippen LogP contribution in [-0.2, 0) is 14.8 Å². The SMILES string of the molecule is O=C(C1CC12CCNCC2)N1CCC(NS(=O)(=O)c2ccccc2)CC1. The van der Waals surface area contributed by atoms with Gasteiger partial charge in [-0.05, 0) is 62.7 Å². The van der Waals surface area contributed by atoms with Gasteiger partial charge in [0.1, 0.15) is 0 Å². The molecule has 6 nitrogen and oxygen atoms in total. The zero-order valence-electron chi connectivity index (χ0n) is 15.0. The Balaban J connectivity index is 1.30. The molecule has 1 aromatic carbocycles. The number of likely N-dealkylation sites (tertiary alicyclic amines) is 1. The molecule has 0 aromatic heterocycles. The van der Waals surface area contributed by atoms with Gasteiger partial charge in [0.25, 0.3) is 0 Å². The Morgan fingerprint density at radius 1 is 1.12 bits per heavy atom. The number of benzene rings is 1. The number of hydrogen-bond acceptors (Lipinski definition) is 4. The summed E-state index contributed by atoms with van der Waals surface area (Å²) in [6, 6.07) is 8.36. The van der Waals surface area contributed by atoms with E-state index in [-0.39, 0.29) is 23.3 Å². The third-order valence-corrected chi connectivity index (χ3v) is 7.81. The fourth-order valence-corrected chi connectivity index (χ4v) is 5.83. The number of piperidine rings is 2. The van der Waals surface area contributed by atoms with Crippen molar-refractivity contribution in [3.05, 3.63) is 30.3 Å². The molecule has 1 amide bonds. The van der Waals surface area contributed by atoms with Gasteiger partial charge in [0.2, 0.25) is 15.9 Å². The maximum Gasteiger partial charge on any atom is 0.240 e. The average molecular weight is 378 g/mol. The number of hydrogen-bond donors (Lipinski definition) is 2. The Kier molecular flexibility index (Phi) is 4.79. The van der Waals surface area contributed by atoms with Crippen LogP contribution in [0.25, 0.3) is 0 Å². The van der Waals surface area contributed by atoms with Crippen molar-refractivity contribution >= 4 is 15.9 Å². The van der Waals surface area contributed by atoms with E-state index < -0.39 is 10.0 Å². The number of rotatable bonds is 4. The summed E-state index contributed by atoms with van der Waals surface area (Å²) >= 11 is 0. The van der Waals surface area contributed by atoms with E-state index in [4.69, 9.17) is 0 Å². The van der Waals surface area contributed by atoms with Gasteiger partial charge in [-0.3, -0.25) is 4.79 Å². The molecule has 7 heteroatoms. The molecule has 2 N–H and O–H groups in total. The number of carbonyl (C=O) groups excluding carboxylic acids is 1. The maximum absolute atomic E-state index is 12.8. The number of carbonyl (C=O) groups is 1. The first-order valence-electron chi connectivity index (χ1n) is 9.57.